The van der Waals surface area contributed by atoms with E-state index in [9.17, 15) is 8.42 Å². The van der Waals surface area contributed by atoms with E-state index in [-0.39, 0.29) is 5.03 Å². The lowest BCUT2D eigenvalue weighted by molar-refractivity contribution is 0.373. The minimum absolute atomic E-state index is 0.0290. The predicted molar refractivity (Wildman–Crippen MR) is 50.6 cm³/mol. The summed E-state index contributed by atoms with van der Waals surface area (Å²) in [6.45, 7) is 2.04. The van der Waals surface area contributed by atoms with Crippen LogP contribution in [0.25, 0.3) is 0 Å². The van der Waals surface area contributed by atoms with Crippen LogP contribution in [0.2, 0.25) is 0 Å². The molecule has 0 aliphatic rings. The van der Waals surface area contributed by atoms with Gasteiger partial charge in [-0.3, -0.25) is 0 Å². The summed E-state index contributed by atoms with van der Waals surface area (Å²) in [6, 6.07) is 1.37. The molecule has 0 spiro atoms. The molecule has 6 nitrogen and oxygen atoms in total. The number of methoxy groups -OCH3 is 1. The van der Waals surface area contributed by atoms with Crippen molar-refractivity contribution in [3.8, 4) is 5.88 Å². The molecular weight excluding hydrogens is 206 g/mol. The predicted octanol–water partition coefficient (Wildman–Crippen LogP) is -0.273. The molecule has 0 saturated carbocycles. The van der Waals surface area contributed by atoms with Crippen LogP contribution in [0.1, 0.15) is 6.92 Å². The molecular formula is C7H13N3O3S. The molecule has 1 heterocycles. The summed E-state index contributed by atoms with van der Waals surface area (Å²) >= 11 is 0. The molecule has 1 aromatic rings. The number of hydrogen-bond donors (Lipinski definition) is 1. The zero-order valence-electron chi connectivity index (χ0n) is 8.31. The second-order valence-corrected chi connectivity index (χ2v) is 4.36. The van der Waals surface area contributed by atoms with Gasteiger partial charge in [0.1, 0.15) is 0 Å². The van der Waals surface area contributed by atoms with Gasteiger partial charge in [-0.2, -0.15) is 5.10 Å². The van der Waals surface area contributed by atoms with E-state index in [1.54, 1.807) is 14.0 Å². The van der Waals surface area contributed by atoms with Crippen molar-refractivity contribution in [3.63, 3.8) is 0 Å². The van der Waals surface area contributed by atoms with E-state index in [1.807, 2.05) is 0 Å². The fraction of sp³-hybridized carbons (Fsp3) is 0.571. The van der Waals surface area contributed by atoms with Crippen molar-refractivity contribution < 1.29 is 13.2 Å². The Hall–Kier alpha value is -1.08. The lowest BCUT2D eigenvalue weighted by atomic mass is 10.7. The number of aryl methyl sites for hydroxylation is 1. The summed E-state index contributed by atoms with van der Waals surface area (Å²) in [5, 5.41) is 3.78. The quantitative estimate of drug-likeness (QED) is 0.756. The molecule has 0 amide bonds. The molecule has 0 fully saturated rings. The Morgan fingerprint density at radius 1 is 1.64 bits per heavy atom. The topological polar surface area (TPSA) is 73.2 Å². The van der Waals surface area contributed by atoms with E-state index < -0.39 is 10.0 Å². The van der Waals surface area contributed by atoms with Gasteiger partial charge in [0.25, 0.3) is 10.0 Å². The van der Waals surface area contributed by atoms with E-state index in [0.717, 1.165) is 0 Å². The van der Waals surface area contributed by atoms with Gasteiger partial charge in [-0.05, 0) is 0 Å². The third kappa shape index (κ3) is 2.05. The minimum Gasteiger partial charge on any atom is -0.481 e. The van der Waals surface area contributed by atoms with Gasteiger partial charge in [0.15, 0.2) is 5.03 Å². The lowest BCUT2D eigenvalue weighted by Gasteiger charge is -1.98. The van der Waals surface area contributed by atoms with Gasteiger partial charge in [-0.15, -0.1) is 0 Å². The van der Waals surface area contributed by atoms with Gasteiger partial charge in [-0.25, -0.2) is 17.8 Å². The van der Waals surface area contributed by atoms with Crippen molar-refractivity contribution in [1.29, 1.82) is 0 Å². The maximum atomic E-state index is 11.5. The Morgan fingerprint density at radius 2 is 2.29 bits per heavy atom. The normalized spacial score (nSPS) is 11.6. The average molecular weight is 219 g/mol. The van der Waals surface area contributed by atoms with Crippen molar-refractivity contribution in [2.75, 3.05) is 13.7 Å². The van der Waals surface area contributed by atoms with Gasteiger partial charge < -0.3 is 4.74 Å². The third-order valence-corrected chi connectivity index (χ3v) is 3.05. The molecule has 0 radical (unpaired) electrons. The number of sulfonamides is 1. The Bertz CT molecular complexity index is 410. The smallest absolute Gasteiger partial charge is 0.260 e. The third-order valence-electron chi connectivity index (χ3n) is 1.63. The first-order valence-corrected chi connectivity index (χ1v) is 5.57. The number of hydrogen-bond acceptors (Lipinski definition) is 4. The number of nitrogens with zero attached hydrogens (tertiary/aromatic N) is 2. The Kier molecular flexibility index (Phi) is 3.12. The fourth-order valence-electron chi connectivity index (χ4n) is 1.01. The van der Waals surface area contributed by atoms with E-state index in [0.29, 0.717) is 12.4 Å². The molecule has 0 aliphatic carbocycles. The zero-order valence-corrected chi connectivity index (χ0v) is 9.13. The summed E-state index contributed by atoms with van der Waals surface area (Å²) in [7, 11) is -0.410. The monoisotopic (exact) mass is 219 g/mol. The first-order chi connectivity index (χ1) is 6.51. The first kappa shape index (κ1) is 11.0. The summed E-state index contributed by atoms with van der Waals surface area (Å²) in [4.78, 5) is 0. The van der Waals surface area contributed by atoms with Crippen LogP contribution < -0.4 is 9.46 Å². The summed E-state index contributed by atoms with van der Waals surface area (Å²) in [6.07, 6.45) is 0. The van der Waals surface area contributed by atoms with Gasteiger partial charge >= 0.3 is 0 Å². The standard InChI is InChI=1S/C7H13N3O3S/c1-4-8-14(11,12)6-5-7(13-3)10(2)9-6/h5,8H,4H2,1-3H3. The van der Waals surface area contributed by atoms with E-state index >= 15 is 0 Å². The zero-order chi connectivity index (χ0) is 10.8. The molecule has 0 unspecified atom stereocenters. The van der Waals surface area contributed by atoms with E-state index in [2.05, 4.69) is 9.82 Å². The Labute approximate surface area is 82.9 Å². The average Bonchev–Trinajstić information content (AvgIpc) is 2.47. The highest BCUT2D eigenvalue weighted by atomic mass is 32.2. The molecule has 0 saturated heterocycles. The van der Waals surface area contributed by atoms with Crippen LogP contribution in [0.3, 0.4) is 0 Å². The number of rotatable bonds is 4. The van der Waals surface area contributed by atoms with E-state index in [1.165, 1.54) is 17.9 Å². The van der Waals surface area contributed by atoms with Gasteiger partial charge in [-0.1, -0.05) is 6.92 Å². The van der Waals surface area contributed by atoms with Crippen LogP contribution in [-0.2, 0) is 17.1 Å². The maximum Gasteiger partial charge on any atom is 0.260 e. The van der Waals surface area contributed by atoms with Crippen LogP contribution in [0, 0.1) is 0 Å². The molecule has 0 aromatic carbocycles. The molecule has 1 rings (SSSR count). The molecule has 80 valence electrons. The van der Waals surface area contributed by atoms with Crippen molar-refractivity contribution in [2.24, 2.45) is 7.05 Å². The van der Waals surface area contributed by atoms with Crippen LogP contribution in [-0.4, -0.2) is 31.9 Å². The van der Waals surface area contributed by atoms with Crippen LogP contribution >= 0.6 is 0 Å². The van der Waals surface area contributed by atoms with Crippen molar-refractivity contribution in [1.82, 2.24) is 14.5 Å². The molecule has 0 aliphatic heterocycles. The number of ether oxygens (including phenoxy) is 1. The van der Waals surface area contributed by atoms with Crippen LogP contribution in [0.15, 0.2) is 11.1 Å². The molecule has 0 bridgehead atoms. The second kappa shape index (κ2) is 3.97. The Balaban J connectivity index is 3.08. The fourth-order valence-corrected chi connectivity index (χ4v) is 2.03. The molecule has 0 atom stereocenters. The SMILES string of the molecule is CCNS(=O)(=O)c1cc(OC)n(C)n1. The molecule has 1 N–H and O–H groups in total. The highest BCUT2D eigenvalue weighted by Crippen LogP contribution is 2.14. The largest absolute Gasteiger partial charge is 0.481 e. The highest BCUT2D eigenvalue weighted by Gasteiger charge is 2.18. The van der Waals surface area contributed by atoms with Crippen molar-refractivity contribution in [2.45, 2.75) is 11.9 Å². The first-order valence-electron chi connectivity index (χ1n) is 4.09. The second-order valence-electron chi connectivity index (χ2n) is 2.65. The minimum atomic E-state index is -3.48. The summed E-state index contributed by atoms with van der Waals surface area (Å²) < 4.78 is 31.6. The van der Waals surface area contributed by atoms with Gasteiger partial charge in [0.2, 0.25) is 5.88 Å². The molecule has 7 heteroatoms. The Morgan fingerprint density at radius 3 is 2.71 bits per heavy atom. The summed E-state index contributed by atoms with van der Waals surface area (Å²) in [5.74, 6) is 0.404. The van der Waals surface area contributed by atoms with E-state index in [4.69, 9.17) is 4.74 Å². The van der Waals surface area contributed by atoms with Gasteiger partial charge in [0.05, 0.1) is 7.11 Å². The van der Waals surface area contributed by atoms with Crippen LogP contribution in [0.5, 0.6) is 5.88 Å². The number of nitrogens with one attached hydrogen (secondary N) is 1. The van der Waals surface area contributed by atoms with Gasteiger partial charge in [0, 0.05) is 19.7 Å². The molecule has 14 heavy (non-hydrogen) atoms. The van der Waals surface area contributed by atoms with Crippen molar-refractivity contribution >= 4 is 10.0 Å². The highest BCUT2D eigenvalue weighted by molar-refractivity contribution is 7.89. The lowest BCUT2D eigenvalue weighted by Crippen LogP contribution is -2.23. The van der Waals surface area contributed by atoms with Crippen molar-refractivity contribution in [3.05, 3.63) is 6.07 Å². The van der Waals surface area contributed by atoms with Crippen LogP contribution in [0.4, 0.5) is 0 Å². The maximum absolute atomic E-state index is 11.5. The molecule has 1 aromatic heterocycles. The number of aromatic nitrogens is 2. The summed E-state index contributed by atoms with van der Waals surface area (Å²) in [5.41, 5.74) is 0.